The van der Waals surface area contributed by atoms with Gasteiger partial charge in [-0.05, 0) is 26.2 Å². The van der Waals surface area contributed by atoms with Crippen LogP contribution in [0.4, 0.5) is 0 Å². The summed E-state index contributed by atoms with van der Waals surface area (Å²) in [5.41, 5.74) is 3.44. The van der Waals surface area contributed by atoms with Gasteiger partial charge >= 0.3 is 0 Å². The smallest absolute Gasteiger partial charge is 0.266 e. The third kappa shape index (κ3) is 2.79. The Morgan fingerprint density at radius 2 is 2.29 bits per heavy atom. The number of nitrogens with zero attached hydrogens (tertiary/aromatic N) is 2. The van der Waals surface area contributed by atoms with Crippen molar-refractivity contribution in [3.63, 3.8) is 0 Å². The number of nitrogens with two attached hydrogens (primary N) is 1. The van der Waals surface area contributed by atoms with Gasteiger partial charge in [-0.3, -0.25) is 15.2 Å². The molecule has 0 atom stereocenters. The molecule has 3 N–H and O–H groups in total. The molecule has 14 heavy (non-hydrogen) atoms. The molecule has 0 unspecified atom stereocenters. The number of rotatable bonds is 3. The number of amides is 1. The average Bonchev–Trinajstić information content (AvgIpc) is 2.17. The van der Waals surface area contributed by atoms with Crippen LogP contribution in [0.25, 0.3) is 0 Å². The van der Waals surface area contributed by atoms with Crippen LogP contribution in [0.1, 0.15) is 16.1 Å². The maximum absolute atomic E-state index is 11.1. The largest absolute Gasteiger partial charge is 0.304 e. The van der Waals surface area contributed by atoms with E-state index in [-0.39, 0.29) is 5.91 Å². The normalized spacial score (nSPS) is 10.3. The summed E-state index contributed by atoms with van der Waals surface area (Å²) in [6.07, 6.45) is 1.51. The fourth-order valence-electron chi connectivity index (χ4n) is 1.06. The van der Waals surface area contributed by atoms with Crippen molar-refractivity contribution in [1.82, 2.24) is 15.3 Å². The van der Waals surface area contributed by atoms with E-state index in [2.05, 4.69) is 10.4 Å². The molecule has 0 radical (unpaired) electrons. The summed E-state index contributed by atoms with van der Waals surface area (Å²) in [7, 11) is 3.92. The number of hydrazine groups is 1. The van der Waals surface area contributed by atoms with E-state index in [0.29, 0.717) is 5.56 Å². The van der Waals surface area contributed by atoms with Crippen molar-refractivity contribution in [2.24, 2.45) is 5.84 Å². The molecule has 0 aliphatic carbocycles. The van der Waals surface area contributed by atoms with Crippen molar-refractivity contribution in [2.45, 2.75) is 6.54 Å². The van der Waals surface area contributed by atoms with Gasteiger partial charge in [0.25, 0.3) is 5.91 Å². The first-order chi connectivity index (χ1) is 6.63. The van der Waals surface area contributed by atoms with E-state index in [1.54, 1.807) is 6.07 Å². The molecule has 0 spiro atoms. The van der Waals surface area contributed by atoms with Crippen LogP contribution in [0.15, 0.2) is 18.3 Å². The molecule has 0 aromatic carbocycles. The van der Waals surface area contributed by atoms with Crippen LogP contribution >= 0.6 is 0 Å². The number of pyridine rings is 1. The summed E-state index contributed by atoms with van der Waals surface area (Å²) < 4.78 is 0. The summed E-state index contributed by atoms with van der Waals surface area (Å²) in [6, 6.07) is 3.51. The number of hydrogen-bond acceptors (Lipinski definition) is 4. The molecular weight excluding hydrogens is 180 g/mol. The number of aromatic nitrogens is 1. The fourth-order valence-corrected chi connectivity index (χ4v) is 1.06. The Bertz CT molecular complexity index is 307. The van der Waals surface area contributed by atoms with E-state index >= 15 is 0 Å². The predicted molar refractivity (Wildman–Crippen MR) is 53.3 cm³/mol. The molecule has 1 aromatic heterocycles. The molecule has 5 nitrogen and oxygen atoms in total. The van der Waals surface area contributed by atoms with E-state index in [1.165, 1.54) is 6.20 Å². The molecule has 1 amide bonds. The number of carbonyl (C=O) groups is 1. The Labute approximate surface area is 82.9 Å². The molecule has 0 aliphatic rings. The quantitative estimate of drug-likeness (QED) is 0.395. The Kier molecular flexibility index (Phi) is 3.55. The summed E-state index contributed by atoms with van der Waals surface area (Å²) in [6.45, 7) is 0.754. The first-order valence-corrected chi connectivity index (χ1v) is 4.24. The Hall–Kier alpha value is -1.46. The third-order valence-corrected chi connectivity index (χ3v) is 1.70. The molecule has 1 rings (SSSR count). The van der Waals surface area contributed by atoms with Crippen LogP contribution in [0.5, 0.6) is 0 Å². The molecule has 0 bridgehead atoms. The van der Waals surface area contributed by atoms with Gasteiger partial charge in [0.05, 0.1) is 11.3 Å². The standard InChI is InChI=1S/C9H14N4O/c1-13(2)6-8-4-3-7(5-11-8)9(14)12-10/h3-5H,6,10H2,1-2H3,(H,12,14). The Morgan fingerprint density at radius 3 is 2.71 bits per heavy atom. The SMILES string of the molecule is CN(C)Cc1ccc(C(=O)NN)cn1. The van der Waals surface area contributed by atoms with Crippen molar-refractivity contribution >= 4 is 5.91 Å². The van der Waals surface area contributed by atoms with Crippen molar-refractivity contribution in [2.75, 3.05) is 14.1 Å². The zero-order valence-electron chi connectivity index (χ0n) is 8.32. The number of hydrogen-bond donors (Lipinski definition) is 2. The number of nitrogen functional groups attached to an aromatic ring is 1. The second-order valence-electron chi connectivity index (χ2n) is 3.25. The summed E-state index contributed by atoms with van der Waals surface area (Å²) >= 11 is 0. The molecule has 0 saturated heterocycles. The van der Waals surface area contributed by atoms with Gasteiger partial charge in [-0.2, -0.15) is 0 Å². The second-order valence-corrected chi connectivity index (χ2v) is 3.25. The van der Waals surface area contributed by atoms with E-state index in [0.717, 1.165) is 12.2 Å². The zero-order valence-corrected chi connectivity index (χ0v) is 8.32. The Morgan fingerprint density at radius 1 is 1.57 bits per heavy atom. The van der Waals surface area contributed by atoms with E-state index in [9.17, 15) is 4.79 Å². The van der Waals surface area contributed by atoms with E-state index in [1.807, 2.05) is 25.1 Å². The zero-order chi connectivity index (χ0) is 10.6. The molecule has 1 aromatic rings. The lowest BCUT2D eigenvalue weighted by Crippen LogP contribution is -2.30. The van der Waals surface area contributed by atoms with Crippen molar-refractivity contribution in [1.29, 1.82) is 0 Å². The first-order valence-electron chi connectivity index (χ1n) is 4.24. The molecule has 0 fully saturated rings. The van der Waals surface area contributed by atoms with Crippen LogP contribution in [-0.2, 0) is 6.54 Å². The van der Waals surface area contributed by atoms with Gasteiger partial charge in [-0.15, -0.1) is 0 Å². The highest BCUT2D eigenvalue weighted by molar-refractivity contribution is 5.93. The van der Waals surface area contributed by atoms with Crippen LogP contribution < -0.4 is 11.3 Å². The van der Waals surface area contributed by atoms with Gasteiger partial charge in [-0.25, -0.2) is 5.84 Å². The van der Waals surface area contributed by atoms with Gasteiger partial charge < -0.3 is 4.90 Å². The predicted octanol–water partition coefficient (Wildman–Crippen LogP) is -0.253. The Balaban J connectivity index is 2.73. The molecular formula is C9H14N4O. The summed E-state index contributed by atoms with van der Waals surface area (Å²) in [5.74, 6) is 4.66. The minimum atomic E-state index is -0.325. The van der Waals surface area contributed by atoms with Crippen molar-refractivity contribution in [3.05, 3.63) is 29.6 Å². The number of carbonyl (C=O) groups excluding carboxylic acids is 1. The lowest BCUT2D eigenvalue weighted by molar-refractivity contribution is 0.0953. The average molecular weight is 194 g/mol. The minimum Gasteiger partial charge on any atom is -0.304 e. The van der Waals surface area contributed by atoms with Crippen LogP contribution in [0.3, 0.4) is 0 Å². The van der Waals surface area contributed by atoms with Crippen molar-refractivity contribution in [3.8, 4) is 0 Å². The lowest BCUT2D eigenvalue weighted by Gasteiger charge is -2.08. The fraction of sp³-hybridized carbons (Fsp3) is 0.333. The van der Waals surface area contributed by atoms with Crippen LogP contribution in [-0.4, -0.2) is 29.9 Å². The summed E-state index contributed by atoms with van der Waals surface area (Å²) in [4.78, 5) is 17.2. The summed E-state index contributed by atoms with van der Waals surface area (Å²) in [5, 5.41) is 0. The topological polar surface area (TPSA) is 71.2 Å². The lowest BCUT2D eigenvalue weighted by atomic mass is 10.2. The maximum atomic E-state index is 11.1. The first kappa shape index (κ1) is 10.6. The van der Waals surface area contributed by atoms with Gasteiger partial charge in [0.1, 0.15) is 0 Å². The maximum Gasteiger partial charge on any atom is 0.266 e. The molecule has 0 aliphatic heterocycles. The van der Waals surface area contributed by atoms with E-state index < -0.39 is 0 Å². The van der Waals surface area contributed by atoms with E-state index in [4.69, 9.17) is 5.84 Å². The second kappa shape index (κ2) is 4.69. The molecule has 0 saturated carbocycles. The third-order valence-electron chi connectivity index (χ3n) is 1.70. The van der Waals surface area contributed by atoms with Crippen LogP contribution in [0, 0.1) is 0 Å². The van der Waals surface area contributed by atoms with Gasteiger partial charge in [-0.1, -0.05) is 0 Å². The number of nitrogens with one attached hydrogen (secondary N) is 1. The van der Waals surface area contributed by atoms with Gasteiger partial charge in [0, 0.05) is 12.7 Å². The van der Waals surface area contributed by atoms with Gasteiger partial charge in [0.2, 0.25) is 0 Å². The highest BCUT2D eigenvalue weighted by Gasteiger charge is 2.03. The van der Waals surface area contributed by atoms with Crippen molar-refractivity contribution < 1.29 is 4.79 Å². The van der Waals surface area contributed by atoms with Gasteiger partial charge in [0.15, 0.2) is 0 Å². The van der Waals surface area contributed by atoms with Crippen LogP contribution in [0.2, 0.25) is 0 Å². The minimum absolute atomic E-state index is 0.325. The molecule has 76 valence electrons. The molecule has 5 heteroatoms. The highest BCUT2D eigenvalue weighted by Crippen LogP contribution is 2.01. The monoisotopic (exact) mass is 194 g/mol. The molecule has 1 heterocycles. The highest BCUT2D eigenvalue weighted by atomic mass is 16.2.